The Morgan fingerprint density at radius 2 is 1.89 bits per heavy atom. The molecular weight excluding hydrogens is 250 g/mol. The highest BCUT2D eigenvalue weighted by Gasteiger charge is 2.18. The predicted molar refractivity (Wildman–Crippen MR) is 82.7 cm³/mol. The second kappa shape index (κ2) is 4.50. The molecule has 0 amide bonds. The average Bonchev–Trinajstić information content (AvgIpc) is 2.64. The van der Waals surface area contributed by atoms with Crippen LogP contribution in [0.2, 0.25) is 19.6 Å². The SMILES string of the molecule is CC(C)(C)n1cc(C#C[Si](C)(C)C)c2cncnc21. The summed E-state index contributed by atoms with van der Waals surface area (Å²) >= 11 is 0. The molecule has 100 valence electrons. The second-order valence-electron chi connectivity index (χ2n) is 6.84. The first-order valence-electron chi connectivity index (χ1n) is 6.53. The summed E-state index contributed by atoms with van der Waals surface area (Å²) in [5, 5.41) is 1.04. The molecule has 0 aliphatic rings. The summed E-state index contributed by atoms with van der Waals surface area (Å²) in [6.45, 7) is 13.3. The summed E-state index contributed by atoms with van der Waals surface area (Å²) in [7, 11) is -1.38. The van der Waals surface area contributed by atoms with Crippen molar-refractivity contribution < 1.29 is 0 Å². The molecule has 0 aliphatic carbocycles. The van der Waals surface area contributed by atoms with Crippen molar-refractivity contribution in [3.63, 3.8) is 0 Å². The minimum Gasteiger partial charge on any atom is -0.326 e. The zero-order valence-electron chi connectivity index (χ0n) is 12.6. The predicted octanol–water partition coefficient (Wildman–Crippen LogP) is 3.42. The molecule has 0 unspecified atom stereocenters. The molecule has 0 N–H and O–H groups in total. The Bertz CT molecular complexity index is 660. The number of fused-ring (bicyclic) bond motifs is 1. The van der Waals surface area contributed by atoms with E-state index >= 15 is 0 Å². The summed E-state index contributed by atoms with van der Waals surface area (Å²) in [4.78, 5) is 8.54. The van der Waals surface area contributed by atoms with E-state index in [1.165, 1.54) is 0 Å². The van der Waals surface area contributed by atoms with Gasteiger partial charge in [-0.15, -0.1) is 5.54 Å². The van der Waals surface area contributed by atoms with E-state index in [4.69, 9.17) is 0 Å². The molecule has 19 heavy (non-hydrogen) atoms. The van der Waals surface area contributed by atoms with Crippen molar-refractivity contribution in [2.45, 2.75) is 46.0 Å². The Labute approximate surface area is 116 Å². The van der Waals surface area contributed by atoms with Gasteiger partial charge in [-0.3, -0.25) is 0 Å². The lowest BCUT2D eigenvalue weighted by atomic mass is 10.1. The summed E-state index contributed by atoms with van der Waals surface area (Å²) in [6.07, 6.45) is 5.56. The van der Waals surface area contributed by atoms with E-state index in [0.717, 1.165) is 16.6 Å². The Morgan fingerprint density at radius 3 is 2.47 bits per heavy atom. The van der Waals surface area contributed by atoms with Crippen LogP contribution in [0.1, 0.15) is 26.3 Å². The molecule has 0 atom stereocenters. The van der Waals surface area contributed by atoms with Crippen molar-refractivity contribution in [1.82, 2.24) is 14.5 Å². The largest absolute Gasteiger partial charge is 0.326 e. The minimum absolute atomic E-state index is 0.00824. The molecule has 0 saturated heterocycles. The monoisotopic (exact) mass is 271 g/mol. The number of rotatable bonds is 0. The van der Waals surface area contributed by atoms with Crippen LogP contribution in [0.3, 0.4) is 0 Å². The molecular formula is C15H21N3Si. The lowest BCUT2D eigenvalue weighted by Crippen LogP contribution is -2.20. The van der Waals surface area contributed by atoms with Gasteiger partial charge in [-0.2, -0.15) is 0 Å². The Balaban J connectivity index is 2.66. The quantitative estimate of drug-likeness (QED) is 0.543. The smallest absolute Gasteiger partial charge is 0.145 e. The topological polar surface area (TPSA) is 30.7 Å². The standard InChI is InChI=1S/C15H21N3Si/c1-15(2,3)18-10-12(7-8-19(4,5)6)13-9-16-11-17-14(13)18/h9-11H,1-6H3. The van der Waals surface area contributed by atoms with Crippen LogP contribution < -0.4 is 0 Å². The fourth-order valence-electron chi connectivity index (χ4n) is 1.83. The maximum Gasteiger partial charge on any atom is 0.145 e. The average molecular weight is 271 g/mol. The maximum atomic E-state index is 4.41. The van der Waals surface area contributed by atoms with Crippen LogP contribution in [-0.2, 0) is 5.54 Å². The molecule has 4 heteroatoms. The van der Waals surface area contributed by atoms with Gasteiger partial charge in [0.1, 0.15) is 20.0 Å². The van der Waals surface area contributed by atoms with Gasteiger partial charge in [-0.05, 0) is 20.8 Å². The van der Waals surface area contributed by atoms with Gasteiger partial charge in [0.05, 0.1) is 10.9 Å². The van der Waals surface area contributed by atoms with Crippen molar-refractivity contribution >= 4 is 19.1 Å². The van der Waals surface area contributed by atoms with Crippen LogP contribution in [-0.4, -0.2) is 22.6 Å². The molecule has 0 bridgehead atoms. The molecule has 2 heterocycles. The zero-order chi connectivity index (χ0) is 14.3. The van der Waals surface area contributed by atoms with Gasteiger partial charge in [0.2, 0.25) is 0 Å². The summed E-state index contributed by atoms with van der Waals surface area (Å²) in [6, 6.07) is 0. The first-order valence-corrected chi connectivity index (χ1v) is 10.0. The number of nitrogens with zero attached hydrogens (tertiary/aromatic N) is 3. The van der Waals surface area contributed by atoms with E-state index < -0.39 is 8.07 Å². The summed E-state index contributed by atoms with van der Waals surface area (Å²) in [5.74, 6) is 3.33. The minimum atomic E-state index is -1.38. The first-order chi connectivity index (χ1) is 8.68. The molecule has 2 aromatic heterocycles. The van der Waals surface area contributed by atoms with E-state index in [2.05, 4.69) is 72.6 Å². The van der Waals surface area contributed by atoms with Crippen molar-refractivity contribution in [2.24, 2.45) is 0 Å². The highest BCUT2D eigenvalue weighted by atomic mass is 28.3. The van der Waals surface area contributed by atoms with Crippen molar-refractivity contribution in [3.05, 3.63) is 24.3 Å². The Morgan fingerprint density at radius 1 is 1.21 bits per heavy atom. The summed E-state index contributed by atoms with van der Waals surface area (Å²) in [5.41, 5.74) is 5.40. The Hall–Kier alpha value is -1.60. The number of aromatic nitrogens is 3. The molecule has 0 saturated carbocycles. The van der Waals surface area contributed by atoms with E-state index in [9.17, 15) is 0 Å². The van der Waals surface area contributed by atoms with Gasteiger partial charge < -0.3 is 4.57 Å². The second-order valence-corrected chi connectivity index (χ2v) is 11.6. The number of hydrogen-bond acceptors (Lipinski definition) is 2. The molecule has 3 nitrogen and oxygen atoms in total. The van der Waals surface area contributed by atoms with Crippen LogP contribution >= 0.6 is 0 Å². The molecule has 0 fully saturated rings. The van der Waals surface area contributed by atoms with Gasteiger partial charge >= 0.3 is 0 Å². The van der Waals surface area contributed by atoms with Crippen LogP contribution in [0.4, 0.5) is 0 Å². The number of hydrogen-bond donors (Lipinski definition) is 0. The highest BCUT2D eigenvalue weighted by molar-refractivity contribution is 6.83. The van der Waals surface area contributed by atoms with E-state index in [-0.39, 0.29) is 5.54 Å². The van der Waals surface area contributed by atoms with Gasteiger partial charge in [0.15, 0.2) is 0 Å². The molecule has 0 aromatic carbocycles. The van der Waals surface area contributed by atoms with Gasteiger partial charge in [0.25, 0.3) is 0 Å². The van der Waals surface area contributed by atoms with Crippen molar-refractivity contribution in [3.8, 4) is 11.5 Å². The van der Waals surface area contributed by atoms with Gasteiger partial charge in [0, 0.05) is 17.9 Å². The first kappa shape index (κ1) is 13.8. The molecule has 2 aromatic rings. The van der Waals surface area contributed by atoms with Crippen molar-refractivity contribution in [2.75, 3.05) is 0 Å². The molecule has 2 rings (SSSR count). The van der Waals surface area contributed by atoms with Gasteiger partial charge in [-0.1, -0.05) is 25.6 Å². The van der Waals surface area contributed by atoms with E-state index in [1.54, 1.807) is 6.33 Å². The fraction of sp³-hybridized carbons (Fsp3) is 0.467. The fourth-order valence-corrected chi connectivity index (χ4v) is 2.34. The van der Waals surface area contributed by atoms with E-state index in [0.29, 0.717) is 0 Å². The third-order valence-electron chi connectivity index (χ3n) is 2.76. The van der Waals surface area contributed by atoms with Crippen molar-refractivity contribution in [1.29, 1.82) is 0 Å². The van der Waals surface area contributed by atoms with Crippen LogP contribution in [0.15, 0.2) is 18.7 Å². The lowest BCUT2D eigenvalue weighted by molar-refractivity contribution is 0.408. The van der Waals surface area contributed by atoms with Crippen LogP contribution in [0.25, 0.3) is 11.0 Å². The third kappa shape index (κ3) is 3.05. The third-order valence-corrected chi connectivity index (χ3v) is 3.64. The molecule has 0 radical (unpaired) electrons. The van der Waals surface area contributed by atoms with Gasteiger partial charge in [-0.25, -0.2) is 9.97 Å². The summed E-state index contributed by atoms with van der Waals surface area (Å²) < 4.78 is 2.18. The van der Waals surface area contributed by atoms with E-state index in [1.807, 2.05) is 6.20 Å². The molecule has 0 spiro atoms. The normalized spacial score (nSPS) is 12.3. The Kier molecular flexibility index (Phi) is 3.27. The van der Waals surface area contributed by atoms with Crippen LogP contribution in [0.5, 0.6) is 0 Å². The zero-order valence-corrected chi connectivity index (χ0v) is 13.6. The molecule has 0 aliphatic heterocycles. The lowest BCUT2D eigenvalue weighted by Gasteiger charge is -2.21. The highest BCUT2D eigenvalue weighted by Crippen LogP contribution is 2.25. The maximum absolute atomic E-state index is 4.41. The van der Waals surface area contributed by atoms with Crippen LogP contribution in [0, 0.1) is 11.5 Å².